The number of amides is 1. The number of benzene rings is 2. The van der Waals surface area contributed by atoms with Gasteiger partial charge in [0.2, 0.25) is 0 Å². The maximum atomic E-state index is 14.1. The van der Waals surface area contributed by atoms with E-state index in [1.54, 1.807) is 5.32 Å². The molecular weight excluding hydrogens is 485 g/mol. The number of halogens is 8. The number of nitrogens with one attached hydrogen (secondary N) is 1. The first-order valence-corrected chi connectivity index (χ1v) is 9.72. The van der Waals surface area contributed by atoms with Crippen molar-refractivity contribution >= 4 is 34.8 Å². The fraction of sp³-hybridized carbons (Fsp3) is 0.300. The zero-order valence-corrected chi connectivity index (χ0v) is 17.7. The zero-order chi connectivity index (χ0) is 23.9. The summed E-state index contributed by atoms with van der Waals surface area (Å²) in [6.45, 7) is -0.0695. The van der Waals surface area contributed by atoms with Crippen molar-refractivity contribution in [2.75, 3.05) is 6.54 Å². The summed E-state index contributed by atoms with van der Waals surface area (Å²) in [5, 5.41) is 5.32. The predicted octanol–water partition coefficient (Wildman–Crippen LogP) is 6.18. The summed E-state index contributed by atoms with van der Waals surface area (Å²) in [6, 6.07) is 7.29. The average molecular weight is 499 g/mol. The first kappa shape index (κ1) is 24.2. The fourth-order valence-electron chi connectivity index (χ4n) is 3.22. The lowest BCUT2D eigenvalue weighted by molar-refractivity contribution is -0.275. The van der Waals surface area contributed by atoms with Crippen LogP contribution in [0.4, 0.5) is 26.3 Å². The summed E-state index contributed by atoms with van der Waals surface area (Å²) in [5.74, 6) is -0.964. The molecule has 3 rings (SSSR count). The van der Waals surface area contributed by atoms with E-state index in [9.17, 15) is 31.1 Å². The van der Waals surface area contributed by atoms with Gasteiger partial charge in [-0.15, -0.1) is 0 Å². The van der Waals surface area contributed by atoms with Crippen LogP contribution in [-0.2, 0) is 10.4 Å². The van der Waals surface area contributed by atoms with Crippen molar-refractivity contribution in [2.45, 2.75) is 31.3 Å². The molecule has 2 aromatic carbocycles. The molecule has 0 saturated heterocycles. The second kappa shape index (κ2) is 8.47. The maximum absolute atomic E-state index is 14.1. The van der Waals surface area contributed by atoms with Crippen molar-refractivity contribution in [3.05, 3.63) is 68.7 Å². The molecule has 4 nitrogen and oxygen atoms in total. The number of aryl methyl sites for hydroxylation is 1. The molecule has 0 aliphatic carbocycles. The van der Waals surface area contributed by atoms with E-state index in [0.29, 0.717) is 0 Å². The second-order valence-electron chi connectivity index (χ2n) is 7.12. The number of oxime groups is 1. The van der Waals surface area contributed by atoms with Crippen molar-refractivity contribution in [3.63, 3.8) is 0 Å². The van der Waals surface area contributed by atoms with Crippen LogP contribution < -0.4 is 5.32 Å². The number of hydrogen-bond donors (Lipinski definition) is 1. The first-order chi connectivity index (χ1) is 14.7. The summed E-state index contributed by atoms with van der Waals surface area (Å²) in [7, 11) is 0. The van der Waals surface area contributed by atoms with E-state index in [1.807, 2.05) is 0 Å². The van der Waals surface area contributed by atoms with Crippen molar-refractivity contribution in [1.82, 2.24) is 5.32 Å². The molecule has 1 N–H and O–H groups in total. The van der Waals surface area contributed by atoms with Crippen LogP contribution in [0, 0.1) is 6.92 Å². The molecule has 32 heavy (non-hydrogen) atoms. The predicted molar refractivity (Wildman–Crippen MR) is 106 cm³/mol. The Bertz CT molecular complexity index is 1060. The summed E-state index contributed by atoms with van der Waals surface area (Å²) in [6.07, 6.45) is -10.2. The van der Waals surface area contributed by atoms with Crippen molar-refractivity contribution in [1.29, 1.82) is 0 Å². The standard InChI is InChI=1S/C20H14Cl2F6N2O2/c1-10-4-11(2-3-15(10)17(31)29-9-19(23,24)25)16-8-18(32-30-16,20(26,27)28)12-5-13(21)7-14(22)6-12/h2-7H,8-9H2,1H3,(H,29,31). The average Bonchev–Trinajstić information content (AvgIpc) is 3.11. The van der Waals surface area contributed by atoms with Gasteiger partial charge in [-0.2, -0.15) is 26.3 Å². The number of rotatable bonds is 4. The molecule has 0 radical (unpaired) electrons. The highest BCUT2D eigenvalue weighted by molar-refractivity contribution is 6.34. The number of carbonyl (C=O) groups excluding carboxylic acids is 1. The third-order valence-corrected chi connectivity index (χ3v) is 5.20. The lowest BCUT2D eigenvalue weighted by Crippen LogP contribution is -2.42. The Morgan fingerprint density at radius 1 is 1.09 bits per heavy atom. The van der Waals surface area contributed by atoms with Crippen LogP contribution >= 0.6 is 23.2 Å². The van der Waals surface area contributed by atoms with Gasteiger partial charge in [-0.25, -0.2) is 0 Å². The van der Waals surface area contributed by atoms with Crippen molar-refractivity contribution < 1.29 is 36.0 Å². The van der Waals surface area contributed by atoms with E-state index >= 15 is 0 Å². The number of hydrogen-bond acceptors (Lipinski definition) is 3. The molecule has 12 heteroatoms. The summed E-state index contributed by atoms with van der Waals surface area (Å²) in [5.41, 5.74) is -2.81. The summed E-state index contributed by atoms with van der Waals surface area (Å²) >= 11 is 11.7. The molecule has 1 atom stereocenters. The van der Waals surface area contributed by atoms with Crippen LogP contribution in [0.15, 0.2) is 41.6 Å². The van der Waals surface area contributed by atoms with E-state index in [-0.39, 0.29) is 38.0 Å². The molecule has 0 spiro atoms. The molecular formula is C20H14Cl2F6N2O2. The van der Waals surface area contributed by atoms with Crippen LogP contribution in [0.5, 0.6) is 0 Å². The molecule has 1 aliphatic rings. The van der Waals surface area contributed by atoms with Crippen LogP contribution in [0.1, 0.15) is 33.5 Å². The smallest absolute Gasteiger partial charge is 0.374 e. The Hall–Kier alpha value is -2.46. The van der Waals surface area contributed by atoms with Gasteiger partial charge >= 0.3 is 12.4 Å². The molecule has 0 bridgehead atoms. The molecule has 1 aliphatic heterocycles. The van der Waals surface area contributed by atoms with E-state index in [0.717, 1.165) is 12.1 Å². The van der Waals surface area contributed by atoms with E-state index in [2.05, 4.69) is 5.16 Å². The minimum absolute atomic E-state index is 0.0155. The second-order valence-corrected chi connectivity index (χ2v) is 7.99. The van der Waals surface area contributed by atoms with Gasteiger partial charge in [0.05, 0.1) is 5.71 Å². The molecule has 1 heterocycles. The van der Waals surface area contributed by atoms with E-state index in [4.69, 9.17) is 28.0 Å². The van der Waals surface area contributed by atoms with Gasteiger partial charge in [0.15, 0.2) is 0 Å². The zero-order valence-electron chi connectivity index (χ0n) is 16.2. The van der Waals surface area contributed by atoms with E-state index < -0.39 is 36.8 Å². The van der Waals surface area contributed by atoms with Gasteiger partial charge in [0.25, 0.3) is 11.5 Å². The molecule has 0 fully saturated rings. The third kappa shape index (κ3) is 4.96. The van der Waals surface area contributed by atoms with Crippen LogP contribution in [0.2, 0.25) is 10.0 Å². The SMILES string of the molecule is Cc1cc(C2=NOC(c3cc(Cl)cc(Cl)c3)(C(F)(F)F)C2)ccc1C(=O)NCC(F)(F)F. The van der Waals surface area contributed by atoms with Crippen LogP contribution in [0.25, 0.3) is 0 Å². The van der Waals surface area contributed by atoms with Crippen LogP contribution in [-0.4, -0.2) is 30.5 Å². The van der Waals surface area contributed by atoms with Gasteiger partial charge in [0, 0.05) is 27.6 Å². The lowest BCUT2D eigenvalue weighted by Gasteiger charge is -2.29. The Morgan fingerprint density at radius 2 is 1.72 bits per heavy atom. The third-order valence-electron chi connectivity index (χ3n) is 4.77. The first-order valence-electron chi connectivity index (χ1n) is 8.96. The normalized spacial score (nSPS) is 18.8. The number of nitrogens with zero attached hydrogens (tertiary/aromatic N) is 1. The maximum Gasteiger partial charge on any atom is 0.435 e. The van der Waals surface area contributed by atoms with Gasteiger partial charge in [-0.3, -0.25) is 4.79 Å². The molecule has 0 saturated carbocycles. The van der Waals surface area contributed by atoms with Gasteiger partial charge < -0.3 is 10.2 Å². The number of carbonyl (C=O) groups is 1. The van der Waals surface area contributed by atoms with E-state index in [1.165, 1.54) is 31.2 Å². The summed E-state index contributed by atoms with van der Waals surface area (Å²) in [4.78, 5) is 16.9. The topological polar surface area (TPSA) is 50.7 Å². The number of alkyl halides is 6. The van der Waals surface area contributed by atoms with Crippen LogP contribution in [0.3, 0.4) is 0 Å². The molecule has 1 amide bonds. The quantitative estimate of drug-likeness (QED) is 0.512. The molecule has 0 aromatic heterocycles. The highest BCUT2D eigenvalue weighted by Gasteiger charge is 2.62. The Kier molecular flexibility index (Phi) is 6.41. The highest BCUT2D eigenvalue weighted by atomic mass is 35.5. The molecule has 2 aromatic rings. The monoisotopic (exact) mass is 498 g/mol. The molecule has 172 valence electrons. The highest BCUT2D eigenvalue weighted by Crippen LogP contribution is 2.49. The van der Waals surface area contributed by atoms with Gasteiger partial charge in [0.1, 0.15) is 6.54 Å². The Labute approximate surface area is 188 Å². The molecule has 1 unspecified atom stereocenters. The van der Waals surface area contributed by atoms with Crippen molar-refractivity contribution in [3.8, 4) is 0 Å². The minimum Gasteiger partial charge on any atom is -0.374 e. The van der Waals surface area contributed by atoms with Gasteiger partial charge in [-0.05, 0) is 48.4 Å². The lowest BCUT2D eigenvalue weighted by atomic mass is 9.86. The van der Waals surface area contributed by atoms with Crippen molar-refractivity contribution in [2.24, 2.45) is 5.16 Å². The minimum atomic E-state index is -4.88. The fourth-order valence-corrected chi connectivity index (χ4v) is 3.75. The Morgan fingerprint density at radius 3 is 2.25 bits per heavy atom. The summed E-state index contributed by atoms with van der Waals surface area (Å²) < 4.78 is 79.1. The largest absolute Gasteiger partial charge is 0.435 e. The Balaban J connectivity index is 1.88. The van der Waals surface area contributed by atoms with Gasteiger partial charge in [-0.1, -0.05) is 34.4 Å².